The topological polar surface area (TPSA) is 161 Å². The summed E-state index contributed by atoms with van der Waals surface area (Å²) >= 11 is 0. The molecule has 3 amide bonds. The zero-order valence-corrected chi connectivity index (χ0v) is 31.6. The van der Waals surface area contributed by atoms with E-state index >= 15 is 0 Å². The number of nitrogens with one attached hydrogen (secondary N) is 2. The van der Waals surface area contributed by atoms with Gasteiger partial charge in [0, 0.05) is 23.9 Å². The average molecular weight is 749 g/mol. The van der Waals surface area contributed by atoms with Crippen LogP contribution in [0.4, 0.5) is 0 Å². The normalized spacial score (nSPS) is 29.7. The van der Waals surface area contributed by atoms with E-state index in [1.54, 1.807) is 6.20 Å². The number of hydrogen-bond acceptors (Lipinski definition) is 9. The Morgan fingerprint density at radius 2 is 1.83 bits per heavy atom. The molecule has 2 aromatic rings. The molecule has 2 N–H and O–H groups in total. The Labute approximate surface area is 311 Å². The summed E-state index contributed by atoms with van der Waals surface area (Å²) < 4.78 is 40.1. The van der Waals surface area contributed by atoms with Gasteiger partial charge in [0.25, 0.3) is 5.91 Å². The Morgan fingerprint density at radius 3 is 2.55 bits per heavy atom. The minimum atomic E-state index is -3.87. The average Bonchev–Trinajstić information content (AvgIpc) is 4.00. The first-order chi connectivity index (χ1) is 25.3. The summed E-state index contributed by atoms with van der Waals surface area (Å²) in [7, 11) is -3.87. The van der Waals surface area contributed by atoms with Gasteiger partial charge in [-0.1, -0.05) is 51.3 Å². The van der Waals surface area contributed by atoms with Crippen molar-refractivity contribution >= 4 is 44.5 Å². The minimum Gasteiger partial charge on any atom is -0.472 e. The van der Waals surface area contributed by atoms with Gasteiger partial charge in [0.1, 0.15) is 17.7 Å². The molecule has 2 aliphatic heterocycles. The van der Waals surface area contributed by atoms with Crippen molar-refractivity contribution < 1.29 is 37.1 Å². The van der Waals surface area contributed by atoms with E-state index < -0.39 is 62.6 Å². The second-order valence-electron chi connectivity index (χ2n) is 16.7. The van der Waals surface area contributed by atoms with Crippen LogP contribution in [0.5, 0.6) is 5.88 Å². The van der Waals surface area contributed by atoms with Crippen molar-refractivity contribution in [3.8, 4) is 5.88 Å². The van der Waals surface area contributed by atoms with E-state index in [4.69, 9.17) is 9.47 Å². The molecule has 0 unspecified atom stereocenters. The van der Waals surface area contributed by atoms with Crippen LogP contribution in [0.15, 0.2) is 43.1 Å². The number of benzene rings is 1. The monoisotopic (exact) mass is 748 g/mol. The quantitative estimate of drug-likeness (QED) is 0.301. The third kappa shape index (κ3) is 8.10. The molecule has 1 aromatic carbocycles. The third-order valence-electron chi connectivity index (χ3n) is 12.0. The van der Waals surface area contributed by atoms with Gasteiger partial charge in [0.2, 0.25) is 27.7 Å². The molecule has 3 heterocycles. The molecule has 3 aliphatic carbocycles. The van der Waals surface area contributed by atoms with E-state index in [2.05, 4.69) is 53.6 Å². The summed E-state index contributed by atoms with van der Waals surface area (Å²) in [6.07, 6.45) is 10.9. The fraction of sp³-hybridized carbons (Fsp3) is 0.625. The van der Waals surface area contributed by atoms with Crippen LogP contribution in [0.25, 0.3) is 10.8 Å². The predicted octanol–water partition coefficient (Wildman–Crippen LogP) is 4.74. The number of carbonyl (C=O) groups is 4. The van der Waals surface area contributed by atoms with Crippen LogP contribution in [0.2, 0.25) is 0 Å². The Balaban J connectivity index is 1.21. The number of esters is 1. The number of sulfonamides is 1. The Bertz CT molecular complexity index is 1890. The number of cyclic esters (lactones) is 1. The highest BCUT2D eigenvalue weighted by atomic mass is 32.2. The molecule has 3 saturated carbocycles. The molecule has 0 radical (unpaired) electrons. The summed E-state index contributed by atoms with van der Waals surface area (Å²) in [5, 5.41) is 4.05. The second-order valence-corrected chi connectivity index (χ2v) is 18.7. The lowest BCUT2D eigenvalue weighted by Crippen LogP contribution is -2.57. The molecule has 5 aliphatic rings. The van der Waals surface area contributed by atoms with Crippen LogP contribution in [-0.2, 0) is 40.4 Å². The number of fused-ring (bicyclic) bond motifs is 3. The lowest BCUT2D eigenvalue weighted by Gasteiger charge is -2.31. The number of ether oxygens (including phenoxy) is 2. The van der Waals surface area contributed by atoms with Crippen LogP contribution < -0.4 is 14.8 Å². The number of pyridine rings is 1. The Hall–Kier alpha value is -4.00. The van der Waals surface area contributed by atoms with Crippen LogP contribution >= 0.6 is 0 Å². The van der Waals surface area contributed by atoms with E-state index in [9.17, 15) is 27.6 Å². The largest absolute Gasteiger partial charge is 0.472 e. The standard InChI is InChI=1S/C40H52N4O8S/c1-4-28-22-40(28,38(48)43-53(49,50)30-14-15-30)42-35(46)33-20-29-23-44(33)37(47)32(26-10-5-6-11-26)21-34(45)51-24-39(2,3)17-8-7-9-25-12-13-27-16-18-41-36(52-29)31(27)19-25/h4,12-13,16,18-19,26,28-30,32-33H,1,5-11,14-15,17,20-24H2,2-3H3,(H,42,46)(H,43,48)/t28-,29+,32-,33-,40+/m0/s1. The molecule has 0 spiro atoms. The summed E-state index contributed by atoms with van der Waals surface area (Å²) in [6, 6.07) is 7.14. The molecular formula is C40H52N4O8S. The number of hydrogen-bond donors (Lipinski definition) is 2. The number of carbonyl (C=O) groups excluding carboxylic acids is 4. The highest BCUT2D eigenvalue weighted by molar-refractivity contribution is 7.91. The van der Waals surface area contributed by atoms with Crippen molar-refractivity contribution in [2.75, 3.05) is 13.2 Å². The lowest BCUT2D eigenvalue weighted by atomic mass is 9.86. The molecule has 5 atom stereocenters. The van der Waals surface area contributed by atoms with Gasteiger partial charge in [-0.25, -0.2) is 13.4 Å². The SMILES string of the molecule is C=C[C@H]1C[C@]1(NC(=O)[C@@H]1C[C@@H]2CN1C(=O)[C@H](C1CCCC1)CC(=O)OCC(C)(C)CCCCc1ccc3ccnc(c3c1)O2)C(=O)NS(=O)(=O)C1CC1. The van der Waals surface area contributed by atoms with E-state index in [-0.39, 0.29) is 49.7 Å². The van der Waals surface area contributed by atoms with Gasteiger partial charge in [-0.2, -0.15) is 0 Å². The van der Waals surface area contributed by atoms with Crippen LogP contribution in [-0.4, -0.2) is 78.1 Å². The van der Waals surface area contributed by atoms with Gasteiger partial charge >= 0.3 is 5.97 Å². The molecule has 13 heteroatoms. The van der Waals surface area contributed by atoms with Gasteiger partial charge in [-0.05, 0) is 85.8 Å². The molecule has 1 aromatic heterocycles. The van der Waals surface area contributed by atoms with Gasteiger partial charge in [0.15, 0.2) is 0 Å². The van der Waals surface area contributed by atoms with Crippen molar-refractivity contribution in [3.05, 3.63) is 48.7 Å². The minimum absolute atomic E-state index is 0.0441. The van der Waals surface area contributed by atoms with E-state index in [1.807, 2.05) is 6.07 Å². The van der Waals surface area contributed by atoms with Gasteiger partial charge in [-0.3, -0.25) is 23.9 Å². The second kappa shape index (κ2) is 14.7. The summed E-state index contributed by atoms with van der Waals surface area (Å²) in [4.78, 5) is 62.2. The molecule has 4 bridgehead atoms. The third-order valence-corrected chi connectivity index (χ3v) is 13.9. The molecular weight excluding hydrogens is 697 g/mol. The molecule has 7 rings (SSSR count). The molecule has 286 valence electrons. The number of amides is 3. The Kier molecular flexibility index (Phi) is 10.3. The van der Waals surface area contributed by atoms with Crippen molar-refractivity contribution in [3.63, 3.8) is 0 Å². The van der Waals surface area contributed by atoms with Gasteiger partial charge < -0.3 is 19.7 Å². The van der Waals surface area contributed by atoms with E-state index in [1.165, 1.54) is 11.0 Å². The number of aromatic nitrogens is 1. The maximum Gasteiger partial charge on any atom is 0.306 e. The van der Waals surface area contributed by atoms with E-state index in [0.29, 0.717) is 18.7 Å². The molecule has 1 saturated heterocycles. The smallest absolute Gasteiger partial charge is 0.306 e. The zero-order chi connectivity index (χ0) is 37.5. The van der Waals surface area contributed by atoms with Gasteiger partial charge in [0.05, 0.1) is 30.7 Å². The summed E-state index contributed by atoms with van der Waals surface area (Å²) in [6.45, 7) is 8.30. The highest BCUT2D eigenvalue weighted by Gasteiger charge is 2.62. The first kappa shape index (κ1) is 37.3. The molecule has 4 fully saturated rings. The highest BCUT2D eigenvalue weighted by Crippen LogP contribution is 2.46. The first-order valence-electron chi connectivity index (χ1n) is 19.3. The molecule has 53 heavy (non-hydrogen) atoms. The first-order valence-corrected chi connectivity index (χ1v) is 20.8. The summed E-state index contributed by atoms with van der Waals surface area (Å²) in [5.74, 6) is -2.95. The molecule has 12 nitrogen and oxygen atoms in total. The Morgan fingerprint density at radius 1 is 1.06 bits per heavy atom. The fourth-order valence-electron chi connectivity index (χ4n) is 8.54. The van der Waals surface area contributed by atoms with Crippen molar-refractivity contribution in [1.82, 2.24) is 19.9 Å². The van der Waals surface area contributed by atoms with Gasteiger partial charge in [-0.15, -0.1) is 6.58 Å². The number of nitrogens with zero attached hydrogens (tertiary/aromatic N) is 2. The fourth-order valence-corrected chi connectivity index (χ4v) is 9.90. The predicted molar refractivity (Wildman–Crippen MR) is 198 cm³/mol. The lowest BCUT2D eigenvalue weighted by molar-refractivity contribution is -0.153. The van der Waals surface area contributed by atoms with Crippen molar-refractivity contribution in [2.24, 2.45) is 23.2 Å². The van der Waals surface area contributed by atoms with Crippen molar-refractivity contribution in [1.29, 1.82) is 0 Å². The number of aryl methyl sites for hydroxylation is 1. The zero-order valence-electron chi connectivity index (χ0n) is 30.8. The van der Waals surface area contributed by atoms with Crippen LogP contribution in [0.3, 0.4) is 0 Å². The maximum absolute atomic E-state index is 14.7. The van der Waals surface area contributed by atoms with Crippen LogP contribution in [0.1, 0.15) is 96.5 Å². The van der Waals surface area contributed by atoms with Crippen molar-refractivity contribution in [2.45, 2.75) is 120 Å². The van der Waals surface area contributed by atoms with E-state index in [0.717, 1.165) is 67.7 Å². The number of rotatable bonds is 7. The summed E-state index contributed by atoms with van der Waals surface area (Å²) in [5.41, 5.74) is -0.600. The van der Waals surface area contributed by atoms with Crippen LogP contribution in [0, 0.1) is 23.2 Å². The maximum atomic E-state index is 14.7.